The molecule has 0 bridgehead atoms. The number of nitrogens with one attached hydrogen (secondary N) is 1. The number of pyridine rings is 1. The van der Waals surface area contributed by atoms with Gasteiger partial charge in [0.05, 0.1) is 19.8 Å². The molecule has 1 heterocycles. The number of hydrogen-bond donors (Lipinski definition) is 1. The third-order valence-electron chi connectivity index (χ3n) is 4.94. The highest BCUT2D eigenvalue weighted by Gasteiger charge is 2.35. The Morgan fingerprint density at radius 2 is 1.62 bits per heavy atom. The number of aryl methyl sites for hydroxylation is 1. The lowest BCUT2D eigenvalue weighted by molar-refractivity contribution is -0.274. The second-order valence-corrected chi connectivity index (χ2v) is 7.62. The van der Waals surface area contributed by atoms with E-state index in [0.717, 1.165) is 38.5 Å². The van der Waals surface area contributed by atoms with E-state index in [4.69, 9.17) is 9.47 Å². The number of alkyl halides is 6. The quantitative estimate of drug-likeness (QED) is 0.267. The minimum absolute atomic E-state index is 0.0492. The number of halogens is 7. The maximum Gasteiger partial charge on any atom is 0.573 e. The zero-order valence-corrected chi connectivity index (χ0v) is 20.1. The van der Waals surface area contributed by atoms with Gasteiger partial charge in [0, 0.05) is 18.0 Å². The van der Waals surface area contributed by atoms with Gasteiger partial charge in [0.15, 0.2) is 11.5 Å². The Hall–Kier alpha value is -4.56. The first kappa shape index (κ1) is 29.0. The van der Waals surface area contributed by atoms with Crippen molar-refractivity contribution in [2.24, 2.45) is 0 Å². The van der Waals surface area contributed by atoms with Gasteiger partial charge in [0.1, 0.15) is 28.6 Å². The Morgan fingerprint density at radius 3 is 2.21 bits per heavy atom. The number of nitrogens with zero attached hydrogens (tertiary/aromatic N) is 1. The van der Waals surface area contributed by atoms with Crippen LogP contribution in [-0.4, -0.2) is 37.4 Å². The molecule has 208 valence electrons. The summed E-state index contributed by atoms with van der Waals surface area (Å²) >= 11 is 0. The van der Waals surface area contributed by atoms with E-state index in [1.807, 2.05) is 0 Å². The molecule has 0 saturated carbocycles. The molecule has 0 aliphatic heterocycles. The summed E-state index contributed by atoms with van der Waals surface area (Å²) in [6.07, 6.45) is -8.92. The number of carbonyl (C=O) groups excluding carboxylic acids is 2. The van der Waals surface area contributed by atoms with Crippen molar-refractivity contribution in [1.82, 2.24) is 4.98 Å². The van der Waals surface area contributed by atoms with Crippen molar-refractivity contribution in [2.75, 3.05) is 19.5 Å². The topological polar surface area (TPSA) is 96.0 Å². The van der Waals surface area contributed by atoms with E-state index in [-0.39, 0.29) is 17.4 Å². The molecule has 2 aromatic carbocycles. The van der Waals surface area contributed by atoms with Crippen LogP contribution in [0.5, 0.6) is 23.0 Å². The fourth-order valence-corrected chi connectivity index (χ4v) is 3.15. The van der Waals surface area contributed by atoms with E-state index >= 15 is 0 Å². The van der Waals surface area contributed by atoms with Gasteiger partial charge < -0.3 is 24.3 Å². The van der Waals surface area contributed by atoms with E-state index in [2.05, 4.69) is 19.8 Å². The molecule has 39 heavy (non-hydrogen) atoms. The first-order chi connectivity index (χ1) is 18.1. The maximum atomic E-state index is 15.0. The SMILES string of the molecule is COC(=O)c1cc(NC(=O)c2c(F)cc(C(F)(F)F)cc2Oc2ccc(OC(F)(F)F)cc2OC)c(C)cn1. The van der Waals surface area contributed by atoms with Gasteiger partial charge in [0.25, 0.3) is 5.91 Å². The predicted octanol–water partition coefficient (Wildman–Crippen LogP) is 6.29. The molecular weight excluding hydrogens is 545 g/mol. The van der Waals surface area contributed by atoms with Crippen molar-refractivity contribution in [3.05, 3.63) is 70.8 Å². The molecular formula is C24H17F7N2O6. The third kappa shape index (κ3) is 7.06. The Bertz CT molecular complexity index is 1410. The lowest BCUT2D eigenvalue weighted by Crippen LogP contribution is -2.18. The van der Waals surface area contributed by atoms with Crippen molar-refractivity contribution in [2.45, 2.75) is 19.5 Å². The number of esters is 1. The van der Waals surface area contributed by atoms with Crippen LogP contribution in [0.15, 0.2) is 42.6 Å². The molecule has 0 spiro atoms. The van der Waals surface area contributed by atoms with Gasteiger partial charge in [0.2, 0.25) is 0 Å². The van der Waals surface area contributed by atoms with Crippen LogP contribution in [0.4, 0.5) is 36.4 Å². The summed E-state index contributed by atoms with van der Waals surface area (Å²) < 4.78 is 111. The molecule has 1 aromatic heterocycles. The summed E-state index contributed by atoms with van der Waals surface area (Å²) in [6.45, 7) is 1.47. The standard InChI is InChI=1S/C24H17F7N2O6/c1-11-10-32-16(22(35)37-3)9-15(11)33-21(34)20-14(25)6-12(23(26,27)28)7-19(20)38-17-5-4-13(8-18(17)36-2)39-24(29,30)31/h4-10H,1-3H3,(H,32,33,34). The van der Waals surface area contributed by atoms with Crippen LogP contribution in [0, 0.1) is 12.7 Å². The number of benzene rings is 2. The Balaban J connectivity index is 2.08. The molecule has 0 unspecified atom stereocenters. The van der Waals surface area contributed by atoms with Crippen molar-refractivity contribution >= 4 is 17.6 Å². The number of carbonyl (C=O) groups is 2. The number of amides is 1. The molecule has 0 aliphatic rings. The van der Waals surface area contributed by atoms with Gasteiger partial charge in [-0.25, -0.2) is 14.2 Å². The van der Waals surface area contributed by atoms with Crippen LogP contribution < -0.4 is 19.5 Å². The zero-order chi connectivity index (χ0) is 29.1. The molecule has 15 heteroatoms. The fourth-order valence-electron chi connectivity index (χ4n) is 3.15. The molecule has 0 radical (unpaired) electrons. The minimum Gasteiger partial charge on any atom is -0.493 e. The lowest BCUT2D eigenvalue weighted by Gasteiger charge is -2.18. The molecule has 1 N–H and O–H groups in total. The first-order valence-corrected chi connectivity index (χ1v) is 10.5. The highest BCUT2D eigenvalue weighted by atomic mass is 19.4. The Kier molecular flexibility index (Phi) is 8.22. The molecule has 1 amide bonds. The van der Waals surface area contributed by atoms with Crippen LogP contribution in [-0.2, 0) is 10.9 Å². The van der Waals surface area contributed by atoms with E-state index in [1.54, 1.807) is 0 Å². The van der Waals surface area contributed by atoms with E-state index in [0.29, 0.717) is 11.6 Å². The van der Waals surface area contributed by atoms with Crippen molar-refractivity contribution in [1.29, 1.82) is 0 Å². The Morgan fingerprint density at radius 1 is 0.923 bits per heavy atom. The van der Waals surface area contributed by atoms with E-state index in [9.17, 15) is 40.3 Å². The van der Waals surface area contributed by atoms with Crippen LogP contribution in [0.3, 0.4) is 0 Å². The highest BCUT2D eigenvalue weighted by molar-refractivity contribution is 6.07. The Labute approximate surface area is 215 Å². The van der Waals surface area contributed by atoms with E-state index < -0.39 is 64.4 Å². The van der Waals surface area contributed by atoms with Crippen molar-refractivity contribution in [3.8, 4) is 23.0 Å². The summed E-state index contributed by atoms with van der Waals surface area (Å²) in [7, 11) is 2.10. The summed E-state index contributed by atoms with van der Waals surface area (Å²) in [5, 5.41) is 2.27. The molecule has 3 rings (SSSR count). The van der Waals surface area contributed by atoms with Crippen molar-refractivity contribution in [3.63, 3.8) is 0 Å². The number of hydrogen-bond acceptors (Lipinski definition) is 7. The second-order valence-electron chi connectivity index (χ2n) is 7.62. The predicted molar refractivity (Wildman–Crippen MR) is 119 cm³/mol. The third-order valence-corrected chi connectivity index (χ3v) is 4.94. The average molecular weight is 562 g/mol. The van der Waals surface area contributed by atoms with Crippen LogP contribution in [0.2, 0.25) is 0 Å². The van der Waals surface area contributed by atoms with Gasteiger partial charge >= 0.3 is 18.5 Å². The van der Waals surface area contributed by atoms with Crippen LogP contribution >= 0.6 is 0 Å². The van der Waals surface area contributed by atoms with Gasteiger partial charge in [-0.3, -0.25) is 4.79 Å². The molecule has 0 aliphatic carbocycles. The fraction of sp³-hybridized carbons (Fsp3) is 0.208. The molecule has 0 saturated heterocycles. The molecule has 8 nitrogen and oxygen atoms in total. The summed E-state index contributed by atoms with van der Waals surface area (Å²) in [6, 6.07) is 3.85. The van der Waals surface area contributed by atoms with Gasteiger partial charge in [-0.1, -0.05) is 0 Å². The van der Waals surface area contributed by atoms with Crippen LogP contribution in [0.25, 0.3) is 0 Å². The largest absolute Gasteiger partial charge is 0.573 e. The number of aromatic nitrogens is 1. The smallest absolute Gasteiger partial charge is 0.493 e. The number of ether oxygens (including phenoxy) is 4. The van der Waals surface area contributed by atoms with Gasteiger partial charge in [-0.2, -0.15) is 13.2 Å². The van der Waals surface area contributed by atoms with Gasteiger partial charge in [-0.15, -0.1) is 13.2 Å². The minimum atomic E-state index is -5.06. The second kappa shape index (κ2) is 11.0. The summed E-state index contributed by atoms with van der Waals surface area (Å²) in [4.78, 5) is 28.6. The number of rotatable bonds is 7. The number of anilines is 1. The van der Waals surface area contributed by atoms with Gasteiger partial charge in [-0.05, 0) is 42.8 Å². The highest BCUT2D eigenvalue weighted by Crippen LogP contribution is 2.40. The maximum absolute atomic E-state index is 15.0. The first-order valence-electron chi connectivity index (χ1n) is 10.5. The van der Waals surface area contributed by atoms with Crippen molar-refractivity contribution < 1.29 is 59.3 Å². The molecule has 3 aromatic rings. The number of methoxy groups -OCH3 is 2. The van der Waals surface area contributed by atoms with Crippen LogP contribution in [0.1, 0.15) is 32.0 Å². The monoisotopic (exact) mass is 562 g/mol. The summed E-state index contributed by atoms with van der Waals surface area (Å²) in [5.41, 5.74) is -2.49. The zero-order valence-electron chi connectivity index (χ0n) is 20.1. The lowest BCUT2D eigenvalue weighted by atomic mass is 10.1. The summed E-state index contributed by atoms with van der Waals surface area (Å²) in [5.74, 6) is -6.36. The average Bonchev–Trinajstić information content (AvgIpc) is 2.83. The molecule has 0 atom stereocenters. The molecule has 0 fully saturated rings. The van der Waals surface area contributed by atoms with E-state index in [1.165, 1.54) is 13.1 Å². The normalized spacial score (nSPS) is 11.5.